The Balaban J connectivity index is 2.20. The van der Waals surface area contributed by atoms with Gasteiger partial charge in [0.25, 0.3) is 10.2 Å². The Morgan fingerprint density at radius 1 is 1.30 bits per heavy atom. The van der Waals surface area contributed by atoms with Crippen molar-refractivity contribution in [2.75, 3.05) is 33.8 Å². The summed E-state index contributed by atoms with van der Waals surface area (Å²) in [6, 6.07) is 5.19. The number of ether oxygens (including phenoxy) is 1. The van der Waals surface area contributed by atoms with E-state index < -0.39 is 10.2 Å². The van der Waals surface area contributed by atoms with Gasteiger partial charge in [-0.3, -0.25) is 0 Å². The fourth-order valence-electron chi connectivity index (χ4n) is 1.98. The standard InChI is InChI=1S/C12H16Cl2N2O3S/c1-15(2)20(17,18)16-5-6-19-12(8-16)9-3-4-10(13)11(14)7-9/h3-4,7,12H,5-6,8H2,1-2H3/t12-/m0/s1. The molecule has 1 aromatic carbocycles. The van der Waals surface area contributed by atoms with E-state index >= 15 is 0 Å². The van der Waals surface area contributed by atoms with Gasteiger partial charge in [0.1, 0.15) is 0 Å². The van der Waals surface area contributed by atoms with Crippen molar-refractivity contribution < 1.29 is 13.2 Å². The van der Waals surface area contributed by atoms with E-state index in [0.29, 0.717) is 23.2 Å². The zero-order valence-electron chi connectivity index (χ0n) is 11.2. The molecular formula is C12H16Cl2N2O3S. The zero-order valence-corrected chi connectivity index (χ0v) is 13.5. The van der Waals surface area contributed by atoms with E-state index in [4.69, 9.17) is 27.9 Å². The van der Waals surface area contributed by atoms with Gasteiger partial charge in [0.2, 0.25) is 0 Å². The SMILES string of the molecule is CN(C)S(=O)(=O)N1CCO[C@H](c2ccc(Cl)c(Cl)c2)C1. The van der Waals surface area contributed by atoms with Crippen LogP contribution in [0.4, 0.5) is 0 Å². The van der Waals surface area contributed by atoms with E-state index in [-0.39, 0.29) is 12.6 Å². The number of hydrogen-bond acceptors (Lipinski definition) is 3. The number of hydrogen-bond donors (Lipinski definition) is 0. The van der Waals surface area contributed by atoms with Gasteiger partial charge in [-0.1, -0.05) is 29.3 Å². The lowest BCUT2D eigenvalue weighted by molar-refractivity contribution is -0.00386. The monoisotopic (exact) mass is 338 g/mol. The summed E-state index contributed by atoms with van der Waals surface area (Å²) >= 11 is 11.9. The fraction of sp³-hybridized carbons (Fsp3) is 0.500. The first kappa shape index (κ1) is 16.0. The number of nitrogens with zero attached hydrogens (tertiary/aromatic N) is 2. The van der Waals surface area contributed by atoms with Crippen LogP contribution in [-0.2, 0) is 14.9 Å². The summed E-state index contributed by atoms with van der Waals surface area (Å²) in [6.07, 6.45) is -0.340. The number of halogens is 2. The van der Waals surface area contributed by atoms with Crippen LogP contribution in [0, 0.1) is 0 Å². The molecule has 8 heteroatoms. The van der Waals surface area contributed by atoms with Gasteiger partial charge in [-0.05, 0) is 17.7 Å². The first-order valence-corrected chi connectivity index (χ1v) is 8.22. The third-order valence-corrected chi connectivity index (χ3v) is 5.78. The van der Waals surface area contributed by atoms with Gasteiger partial charge >= 0.3 is 0 Å². The lowest BCUT2D eigenvalue weighted by atomic mass is 10.1. The molecule has 1 atom stereocenters. The smallest absolute Gasteiger partial charge is 0.281 e. The second-order valence-electron chi connectivity index (χ2n) is 4.68. The van der Waals surface area contributed by atoms with E-state index in [2.05, 4.69) is 0 Å². The Kier molecular flexibility index (Phi) is 4.94. The maximum absolute atomic E-state index is 12.1. The van der Waals surface area contributed by atoms with Gasteiger partial charge in [0.05, 0.1) is 22.8 Å². The minimum atomic E-state index is -3.43. The molecule has 1 aromatic rings. The molecule has 0 saturated carbocycles. The van der Waals surface area contributed by atoms with Gasteiger partial charge in [0, 0.05) is 27.2 Å². The minimum absolute atomic E-state index is 0.262. The summed E-state index contributed by atoms with van der Waals surface area (Å²) in [5, 5.41) is 0.893. The minimum Gasteiger partial charge on any atom is -0.371 e. The summed E-state index contributed by atoms with van der Waals surface area (Å²) in [6.45, 7) is 0.953. The molecule has 0 radical (unpaired) electrons. The second-order valence-corrected chi connectivity index (χ2v) is 7.64. The van der Waals surface area contributed by atoms with Crippen molar-refractivity contribution in [2.45, 2.75) is 6.10 Å². The van der Waals surface area contributed by atoms with Crippen LogP contribution in [0.15, 0.2) is 18.2 Å². The van der Waals surface area contributed by atoms with E-state index in [1.807, 2.05) is 0 Å². The van der Waals surface area contributed by atoms with Crippen molar-refractivity contribution in [3.63, 3.8) is 0 Å². The fourth-order valence-corrected chi connectivity index (χ4v) is 3.38. The highest BCUT2D eigenvalue weighted by molar-refractivity contribution is 7.86. The molecule has 0 spiro atoms. The molecule has 1 saturated heterocycles. The first-order valence-electron chi connectivity index (χ1n) is 6.06. The van der Waals surface area contributed by atoms with Gasteiger partial charge < -0.3 is 4.74 Å². The normalized spacial score (nSPS) is 21.4. The Morgan fingerprint density at radius 2 is 2.00 bits per heavy atom. The molecule has 0 aromatic heterocycles. The van der Waals surface area contributed by atoms with Crippen molar-refractivity contribution in [3.8, 4) is 0 Å². The average Bonchev–Trinajstić information content (AvgIpc) is 2.42. The lowest BCUT2D eigenvalue weighted by Gasteiger charge is -2.33. The van der Waals surface area contributed by atoms with Gasteiger partial charge in [-0.25, -0.2) is 0 Å². The Morgan fingerprint density at radius 3 is 2.60 bits per heavy atom. The van der Waals surface area contributed by atoms with Crippen LogP contribution in [0.5, 0.6) is 0 Å². The molecule has 1 aliphatic heterocycles. The van der Waals surface area contributed by atoms with Gasteiger partial charge in [0.15, 0.2) is 0 Å². The van der Waals surface area contributed by atoms with Crippen LogP contribution in [0.2, 0.25) is 10.0 Å². The molecule has 0 bridgehead atoms. The van der Waals surface area contributed by atoms with Crippen LogP contribution in [0.3, 0.4) is 0 Å². The maximum atomic E-state index is 12.1. The highest BCUT2D eigenvalue weighted by Crippen LogP contribution is 2.29. The van der Waals surface area contributed by atoms with Gasteiger partial charge in [-0.15, -0.1) is 0 Å². The first-order chi connectivity index (χ1) is 9.32. The molecule has 112 valence electrons. The highest BCUT2D eigenvalue weighted by atomic mass is 35.5. The molecule has 0 aliphatic carbocycles. The third kappa shape index (κ3) is 3.27. The van der Waals surface area contributed by atoms with Crippen molar-refractivity contribution in [1.29, 1.82) is 0 Å². The molecule has 1 heterocycles. The predicted molar refractivity (Wildman–Crippen MR) is 79.3 cm³/mol. The summed E-state index contributed by atoms with van der Waals surface area (Å²) in [5.41, 5.74) is 0.818. The van der Waals surface area contributed by atoms with Crippen molar-refractivity contribution in [1.82, 2.24) is 8.61 Å². The molecule has 5 nitrogen and oxygen atoms in total. The van der Waals surface area contributed by atoms with Crippen LogP contribution in [0.25, 0.3) is 0 Å². The molecule has 0 amide bonds. The van der Waals surface area contributed by atoms with Crippen LogP contribution >= 0.6 is 23.2 Å². The number of rotatable bonds is 3. The highest BCUT2D eigenvalue weighted by Gasteiger charge is 2.31. The largest absolute Gasteiger partial charge is 0.371 e. The Hall–Kier alpha value is -0.370. The second kappa shape index (κ2) is 6.17. The van der Waals surface area contributed by atoms with Gasteiger partial charge in [-0.2, -0.15) is 17.0 Å². The average molecular weight is 339 g/mol. The van der Waals surface area contributed by atoms with E-state index in [0.717, 1.165) is 5.56 Å². The molecule has 0 N–H and O–H groups in total. The van der Waals surface area contributed by atoms with Crippen molar-refractivity contribution in [3.05, 3.63) is 33.8 Å². The Labute approximate surface area is 129 Å². The molecule has 1 aliphatic rings. The maximum Gasteiger partial charge on any atom is 0.281 e. The Bertz CT molecular complexity index is 592. The molecule has 0 unspecified atom stereocenters. The molecule has 1 fully saturated rings. The molecule has 2 rings (SSSR count). The quantitative estimate of drug-likeness (QED) is 0.848. The number of morpholine rings is 1. The number of benzene rings is 1. The van der Waals surface area contributed by atoms with Crippen LogP contribution in [-0.4, -0.2) is 50.8 Å². The molecular weight excluding hydrogens is 323 g/mol. The van der Waals surface area contributed by atoms with E-state index in [1.54, 1.807) is 18.2 Å². The zero-order chi connectivity index (χ0) is 14.9. The van der Waals surface area contributed by atoms with Crippen molar-refractivity contribution >= 4 is 33.4 Å². The van der Waals surface area contributed by atoms with Crippen LogP contribution < -0.4 is 0 Å². The lowest BCUT2D eigenvalue weighted by Crippen LogP contribution is -2.47. The topological polar surface area (TPSA) is 49.9 Å². The summed E-state index contributed by atoms with van der Waals surface area (Å²) in [5.74, 6) is 0. The van der Waals surface area contributed by atoms with E-state index in [9.17, 15) is 8.42 Å². The summed E-state index contributed by atoms with van der Waals surface area (Å²) in [7, 11) is -0.406. The predicted octanol–water partition coefficient (Wildman–Crippen LogP) is 2.17. The van der Waals surface area contributed by atoms with Crippen molar-refractivity contribution in [2.24, 2.45) is 0 Å². The summed E-state index contributed by atoms with van der Waals surface area (Å²) in [4.78, 5) is 0. The third-order valence-electron chi connectivity index (χ3n) is 3.13. The summed E-state index contributed by atoms with van der Waals surface area (Å²) < 4.78 is 32.5. The van der Waals surface area contributed by atoms with Crippen LogP contribution in [0.1, 0.15) is 11.7 Å². The van der Waals surface area contributed by atoms with E-state index in [1.165, 1.54) is 22.7 Å². The molecule has 20 heavy (non-hydrogen) atoms.